The summed E-state index contributed by atoms with van der Waals surface area (Å²) in [6, 6.07) is -0.798. The molecule has 6 N–H and O–H groups in total. The Morgan fingerprint density at radius 2 is 1.15 bits per heavy atom. The number of carbonyl (C=O) groups excluding carboxylic acids is 1. The Balaban J connectivity index is 2.05. The van der Waals surface area contributed by atoms with Crippen molar-refractivity contribution >= 4 is 5.91 Å². The topological polar surface area (TPSA) is 149 Å². The molecule has 310 valence electrons. The fraction of sp³-hybridized carbons (Fsp3) is 0.841. The Kier molecular flexibility index (Phi) is 32.5. The molecule has 1 fully saturated rings. The zero-order chi connectivity index (χ0) is 38.8. The lowest BCUT2D eigenvalue weighted by Crippen LogP contribution is -2.60. The quantitative estimate of drug-likeness (QED) is 0.0279. The van der Waals surface area contributed by atoms with Crippen LogP contribution in [0.3, 0.4) is 0 Å². The van der Waals surface area contributed by atoms with Crippen LogP contribution in [0.25, 0.3) is 0 Å². The maximum absolute atomic E-state index is 12.7. The largest absolute Gasteiger partial charge is 0.394 e. The average Bonchev–Trinajstić information content (AvgIpc) is 3.15. The second kappa shape index (κ2) is 34.9. The molecule has 7 unspecified atom stereocenters. The van der Waals surface area contributed by atoms with Gasteiger partial charge in [0.25, 0.3) is 0 Å². The molecule has 0 saturated carbocycles. The predicted molar refractivity (Wildman–Crippen MR) is 216 cm³/mol. The summed E-state index contributed by atoms with van der Waals surface area (Å²) in [5.74, 6) is -0.190. The maximum Gasteiger partial charge on any atom is 0.220 e. The fourth-order valence-corrected chi connectivity index (χ4v) is 6.66. The van der Waals surface area contributed by atoms with Crippen molar-refractivity contribution in [1.29, 1.82) is 0 Å². The van der Waals surface area contributed by atoms with E-state index in [-0.39, 0.29) is 12.5 Å². The normalized spacial score (nSPS) is 22.0. The molecule has 0 radical (unpaired) electrons. The first-order chi connectivity index (χ1) is 25.8. The SMILES string of the molecule is CCC/C=C/C(O)C(COC1OC(CO)C(O)C(O)C1O)NC(=O)CCCCCCCCCCCCCCCCC/C=C\C/C=C\CCCCCCC. The Bertz CT molecular complexity index is 925. The van der Waals surface area contributed by atoms with Crippen LogP contribution in [0.4, 0.5) is 0 Å². The summed E-state index contributed by atoms with van der Waals surface area (Å²) in [5, 5.41) is 53.3. The molecule has 1 saturated heterocycles. The lowest BCUT2D eigenvalue weighted by Gasteiger charge is -2.40. The number of allylic oxidation sites excluding steroid dienone is 5. The summed E-state index contributed by atoms with van der Waals surface area (Å²) in [6.07, 6.45) is 35.8. The van der Waals surface area contributed by atoms with E-state index in [0.29, 0.717) is 6.42 Å². The summed E-state index contributed by atoms with van der Waals surface area (Å²) in [7, 11) is 0. The van der Waals surface area contributed by atoms with Gasteiger partial charge in [0.15, 0.2) is 6.29 Å². The molecule has 0 aromatic rings. The molecule has 0 aromatic heterocycles. The Hall–Kier alpha value is -1.59. The molecule has 53 heavy (non-hydrogen) atoms. The van der Waals surface area contributed by atoms with E-state index >= 15 is 0 Å². The van der Waals surface area contributed by atoms with Crippen LogP contribution in [0.2, 0.25) is 0 Å². The van der Waals surface area contributed by atoms with E-state index in [1.807, 2.05) is 13.0 Å². The van der Waals surface area contributed by atoms with Gasteiger partial charge in [0.1, 0.15) is 24.4 Å². The van der Waals surface area contributed by atoms with E-state index < -0.39 is 49.5 Å². The first-order valence-corrected chi connectivity index (χ1v) is 21.7. The van der Waals surface area contributed by atoms with E-state index in [0.717, 1.165) is 38.5 Å². The second-order valence-corrected chi connectivity index (χ2v) is 15.1. The third-order valence-electron chi connectivity index (χ3n) is 10.2. The van der Waals surface area contributed by atoms with Crippen molar-refractivity contribution in [3.05, 3.63) is 36.5 Å². The van der Waals surface area contributed by atoms with Crippen LogP contribution in [0.1, 0.15) is 181 Å². The number of rotatable bonds is 35. The highest BCUT2D eigenvalue weighted by Crippen LogP contribution is 2.22. The van der Waals surface area contributed by atoms with Gasteiger partial charge >= 0.3 is 0 Å². The number of carbonyl (C=O) groups is 1. The van der Waals surface area contributed by atoms with Crippen molar-refractivity contribution in [2.24, 2.45) is 0 Å². The molecule has 7 atom stereocenters. The van der Waals surface area contributed by atoms with Gasteiger partial charge in [-0.3, -0.25) is 4.79 Å². The summed E-state index contributed by atoms with van der Waals surface area (Å²) < 4.78 is 11.0. The number of ether oxygens (including phenoxy) is 2. The van der Waals surface area contributed by atoms with Crippen molar-refractivity contribution in [1.82, 2.24) is 5.32 Å². The summed E-state index contributed by atoms with van der Waals surface area (Å²) in [6.45, 7) is 3.54. The average molecular weight is 752 g/mol. The summed E-state index contributed by atoms with van der Waals surface area (Å²) in [4.78, 5) is 12.7. The second-order valence-electron chi connectivity index (χ2n) is 15.1. The van der Waals surface area contributed by atoms with E-state index in [9.17, 15) is 30.3 Å². The molecular formula is C44H81NO8. The van der Waals surface area contributed by atoms with Gasteiger partial charge in [-0.1, -0.05) is 166 Å². The van der Waals surface area contributed by atoms with E-state index in [2.05, 4.69) is 36.5 Å². The molecule has 0 aromatic carbocycles. The van der Waals surface area contributed by atoms with Gasteiger partial charge in [0.05, 0.1) is 25.4 Å². The molecule has 1 amide bonds. The summed E-state index contributed by atoms with van der Waals surface area (Å²) >= 11 is 0. The molecule has 9 nitrogen and oxygen atoms in total. The third-order valence-corrected chi connectivity index (χ3v) is 10.2. The minimum absolute atomic E-state index is 0.190. The molecule has 1 aliphatic rings. The van der Waals surface area contributed by atoms with Crippen LogP contribution in [-0.4, -0.2) is 87.5 Å². The van der Waals surface area contributed by atoms with Crippen LogP contribution >= 0.6 is 0 Å². The fourth-order valence-electron chi connectivity index (χ4n) is 6.66. The number of aliphatic hydroxyl groups excluding tert-OH is 5. The lowest BCUT2D eigenvalue weighted by molar-refractivity contribution is -0.302. The molecule has 0 bridgehead atoms. The molecule has 1 aliphatic heterocycles. The van der Waals surface area contributed by atoms with Crippen molar-refractivity contribution in [2.75, 3.05) is 13.2 Å². The van der Waals surface area contributed by atoms with Gasteiger partial charge in [-0.05, 0) is 44.9 Å². The lowest BCUT2D eigenvalue weighted by atomic mass is 9.99. The number of unbranched alkanes of at least 4 members (excludes halogenated alkanes) is 21. The first-order valence-electron chi connectivity index (χ1n) is 21.7. The number of hydrogen-bond donors (Lipinski definition) is 6. The smallest absolute Gasteiger partial charge is 0.220 e. The minimum atomic E-state index is -1.56. The van der Waals surface area contributed by atoms with Gasteiger partial charge in [-0.2, -0.15) is 0 Å². The van der Waals surface area contributed by atoms with Crippen molar-refractivity contribution in [3.8, 4) is 0 Å². The number of amides is 1. The van der Waals surface area contributed by atoms with Gasteiger partial charge in [-0.25, -0.2) is 0 Å². The van der Waals surface area contributed by atoms with Crippen LogP contribution in [-0.2, 0) is 14.3 Å². The Morgan fingerprint density at radius 1 is 0.642 bits per heavy atom. The molecule has 0 aliphatic carbocycles. The van der Waals surface area contributed by atoms with E-state index in [4.69, 9.17) is 9.47 Å². The third kappa shape index (κ3) is 26.0. The highest BCUT2D eigenvalue weighted by Gasteiger charge is 2.44. The first kappa shape index (κ1) is 49.4. The summed E-state index contributed by atoms with van der Waals surface area (Å²) in [5.41, 5.74) is 0. The maximum atomic E-state index is 12.7. The zero-order valence-corrected chi connectivity index (χ0v) is 33.8. The van der Waals surface area contributed by atoms with Gasteiger partial charge in [-0.15, -0.1) is 0 Å². The predicted octanol–water partition coefficient (Wildman–Crippen LogP) is 8.50. The van der Waals surface area contributed by atoms with E-state index in [1.165, 1.54) is 122 Å². The van der Waals surface area contributed by atoms with Crippen molar-refractivity contribution < 1.29 is 39.8 Å². The molecule has 1 heterocycles. The number of nitrogens with one attached hydrogen (secondary N) is 1. The standard InChI is InChI=1S/C44H81NO8/c1-3-5-7-8-9-10-11-12-13-14-15-16-17-18-19-20-21-22-23-24-25-26-27-28-29-30-32-34-40(48)45-37(38(47)33-31-6-4-2)36-52-44-43(51)42(50)41(49)39(35-46)53-44/h11-12,14-15,31,33,37-39,41-44,46-47,49-51H,3-10,13,16-30,32,34-36H2,1-2H3,(H,45,48)/b12-11-,15-14-,33-31+. The molecule has 9 heteroatoms. The minimum Gasteiger partial charge on any atom is -0.394 e. The number of aliphatic hydroxyl groups is 5. The van der Waals surface area contributed by atoms with Crippen LogP contribution < -0.4 is 5.32 Å². The van der Waals surface area contributed by atoms with E-state index in [1.54, 1.807) is 6.08 Å². The molecular weight excluding hydrogens is 670 g/mol. The molecule has 0 spiro atoms. The highest BCUT2D eigenvalue weighted by molar-refractivity contribution is 5.76. The van der Waals surface area contributed by atoms with Crippen LogP contribution in [0, 0.1) is 0 Å². The van der Waals surface area contributed by atoms with Crippen LogP contribution in [0.15, 0.2) is 36.5 Å². The monoisotopic (exact) mass is 752 g/mol. The van der Waals surface area contributed by atoms with Gasteiger partial charge in [0, 0.05) is 6.42 Å². The zero-order valence-electron chi connectivity index (χ0n) is 33.8. The van der Waals surface area contributed by atoms with Gasteiger partial charge in [0.2, 0.25) is 5.91 Å². The Labute approximate surface area is 323 Å². The van der Waals surface area contributed by atoms with Crippen LogP contribution in [0.5, 0.6) is 0 Å². The van der Waals surface area contributed by atoms with Crippen molar-refractivity contribution in [3.63, 3.8) is 0 Å². The van der Waals surface area contributed by atoms with Crippen molar-refractivity contribution in [2.45, 2.75) is 224 Å². The van der Waals surface area contributed by atoms with Gasteiger partial charge < -0.3 is 40.3 Å². The Morgan fingerprint density at radius 3 is 1.66 bits per heavy atom. The molecule has 1 rings (SSSR count). The highest BCUT2D eigenvalue weighted by atomic mass is 16.7. The number of hydrogen-bond acceptors (Lipinski definition) is 8.